The minimum atomic E-state index is 0.309. The van der Waals surface area contributed by atoms with Crippen LogP contribution in [0.3, 0.4) is 0 Å². The molecular weight excluding hydrogens is 314 g/mol. The van der Waals surface area contributed by atoms with Gasteiger partial charge in [0.1, 0.15) is 0 Å². The highest BCUT2D eigenvalue weighted by atomic mass is 15.5. The monoisotopic (exact) mass is 339 g/mol. The molecule has 0 unspecified atom stereocenters. The molecule has 0 aliphatic carbocycles. The van der Waals surface area contributed by atoms with E-state index in [0.717, 1.165) is 30.9 Å². The molecule has 7 heteroatoms. The summed E-state index contributed by atoms with van der Waals surface area (Å²) in [6.07, 6.45) is 5.78. The van der Waals surface area contributed by atoms with Crippen LogP contribution in [0.25, 0.3) is 5.69 Å². The predicted octanol–water partition coefficient (Wildman–Crippen LogP) is 2.34. The fourth-order valence-corrected chi connectivity index (χ4v) is 2.76. The summed E-state index contributed by atoms with van der Waals surface area (Å²) < 4.78 is 3.82. The molecular formula is C18H25N7. The van der Waals surface area contributed by atoms with E-state index >= 15 is 0 Å². The molecule has 0 aliphatic heterocycles. The molecule has 2 aromatic heterocycles. The Morgan fingerprint density at radius 3 is 2.68 bits per heavy atom. The van der Waals surface area contributed by atoms with E-state index in [2.05, 4.69) is 52.9 Å². The molecule has 0 aliphatic rings. The van der Waals surface area contributed by atoms with Crippen molar-refractivity contribution in [2.45, 2.75) is 45.7 Å². The largest absolute Gasteiger partial charge is 0.312 e. The van der Waals surface area contributed by atoms with Crippen molar-refractivity contribution in [2.24, 2.45) is 0 Å². The van der Waals surface area contributed by atoms with Gasteiger partial charge >= 0.3 is 0 Å². The maximum Gasteiger partial charge on any atom is 0.156 e. The highest BCUT2D eigenvalue weighted by Gasteiger charge is 2.14. The Morgan fingerprint density at radius 2 is 1.96 bits per heavy atom. The third-order valence-corrected chi connectivity index (χ3v) is 4.45. The zero-order chi connectivity index (χ0) is 17.6. The quantitative estimate of drug-likeness (QED) is 0.638. The predicted molar refractivity (Wildman–Crippen MR) is 96.6 cm³/mol. The van der Waals surface area contributed by atoms with E-state index < -0.39 is 0 Å². The van der Waals surface area contributed by atoms with Crippen molar-refractivity contribution in [3.63, 3.8) is 0 Å². The summed E-state index contributed by atoms with van der Waals surface area (Å²) in [5.41, 5.74) is 2.18. The van der Waals surface area contributed by atoms with Gasteiger partial charge in [-0.15, -0.1) is 5.10 Å². The van der Waals surface area contributed by atoms with Gasteiger partial charge in [0.25, 0.3) is 0 Å². The smallest absolute Gasteiger partial charge is 0.156 e. The van der Waals surface area contributed by atoms with E-state index in [1.807, 2.05) is 41.2 Å². The number of nitrogens with one attached hydrogen (secondary N) is 1. The van der Waals surface area contributed by atoms with Crippen molar-refractivity contribution < 1.29 is 0 Å². The summed E-state index contributed by atoms with van der Waals surface area (Å²) in [6.45, 7) is 7.34. The molecule has 132 valence electrons. The Kier molecular flexibility index (Phi) is 5.55. The van der Waals surface area contributed by atoms with Crippen molar-refractivity contribution in [3.8, 4) is 5.69 Å². The fourth-order valence-electron chi connectivity index (χ4n) is 2.76. The van der Waals surface area contributed by atoms with Crippen LogP contribution in [-0.4, -0.2) is 42.6 Å². The summed E-state index contributed by atoms with van der Waals surface area (Å²) in [7, 11) is 0. The summed E-state index contributed by atoms with van der Waals surface area (Å²) in [5, 5.41) is 20.0. The Morgan fingerprint density at radius 1 is 1.16 bits per heavy atom. The number of para-hydroxylation sites is 1. The number of rotatable bonds is 8. The highest BCUT2D eigenvalue weighted by molar-refractivity contribution is 5.30. The van der Waals surface area contributed by atoms with Gasteiger partial charge in [-0.3, -0.25) is 4.68 Å². The molecule has 0 spiro atoms. The van der Waals surface area contributed by atoms with Gasteiger partial charge < -0.3 is 5.32 Å². The first-order valence-electron chi connectivity index (χ1n) is 8.72. The molecule has 3 rings (SSSR count). The first-order chi connectivity index (χ1) is 12.1. The van der Waals surface area contributed by atoms with Crippen LogP contribution in [0.15, 0.2) is 42.7 Å². The number of aromatic nitrogens is 6. The molecule has 3 aromatic rings. The second kappa shape index (κ2) is 8.02. The normalized spacial score (nSPS) is 13.7. The second-order valence-electron chi connectivity index (χ2n) is 6.43. The van der Waals surface area contributed by atoms with E-state index in [9.17, 15) is 0 Å². The van der Waals surface area contributed by atoms with Crippen LogP contribution in [0.1, 0.15) is 37.7 Å². The maximum absolute atomic E-state index is 4.40. The van der Waals surface area contributed by atoms with Gasteiger partial charge in [0, 0.05) is 18.7 Å². The van der Waals surface area contributed by atoms with Crippen molar-refractivity contribution >= 4 is 0 Å². The van der Waals surface area contributed by atoms with Gasteiger partial charge in [0.15, 0.2) is 5.82 Å². The maximum atomic E-state index is 4.40. The van der Waals surface area contributed by atoms with Gasteiger partial charge in [-0.1, -0.05) is 18.2 Å². The summed E-state index contributed by atoms with van der Waals surface area (Å²) >= 11 is 0. The zero-order valence-electron chi connectivity index (χ0n) is 15.0. The molecule has 2 heterocycles. The van der Waals surface area contributed by atoms with Crippen LogP contribution in [0.5, 0.6) is 0 Å². The Hall–Kier alpha value is -2.54. The van der Waals surface area contributed by atoms with Gasteiger partial charge in [0.2, 0.25) is 0 Å². The van der Waals surface area contributed by atoms with E-state index in [1.54, 1.807) is 4.68 Å². The zero-order valence-corrected chi connectivity index (χ0v) is 15.0. The number of hydrogen-bond donors (Lipinski definition) is 1. The molecule has 2 atom stereocenters. The Balaban J connectivity index is 1.48. The van der Waals surface area contributed by atoms with E-state index in [1.165, 1.54) is 5.56 Å². The topological polar surface area (TPSA) is 73.5 Å². The van der Waals surface area contributed by atoms with E-state index in [-0.39, 0.29) is 0 Å². The Bertz CT molecular complexity index is 778. The fraction of sp³-hybridized carbons (Fsp3) is 0.444. The minimum Gasteiger partial charge on any atom is -0.312 e. The summed E-state index contributed by atoms with van der Waals surface area (Å²) in [4.78, 5) is 0. The first-order valence-corrected chi connectivity index (χ1v) is 8.72. The number of tetrazole rings is 1. The SMILES string of the molecule is Cc1cnn([C@@H](C)[C@H](C)NCCCc2nnnn2-c2ccccc2)c1. The molecule has 7 nitrogen and oxygen atoms in total. The second-order valence-corrected chi connectivity index (χ2v) is 6.43. The molecule has 1 aromatic carbocycles. The molecule has 0 saturated heterocycles. The third-order valence-electron chi connectivity index (χ3n) is 4.45. The lowest BCUT2D eigenvalue weighted by Gasteiger charge is -2.21. The number of benzene rings is 1. The van der Waals surface area contributed by atoms with Gasteiger partial charge in [-0.2, -0.15) is 9.78 Å². The molecule has 25 heavy (non-hydrogen) atoms. The molecule has 0 bridgehead atoms. The lowest BCUT2D eigenvalue weighted by atomic mass is 10.1. The lowest BCUT2D eigenvalue weighted by molar-refractivity contribution is 0.364. The molecule has 0 fully saturated rings. The molecule has 0 amide bonds. The van der Waals surface area contributed by atoms with Gasteiger partial charge in [-0.05, 0) is 61.9 Å². The van der Waals surface area contributed by atoms with Gasteiger partial charge in [-0.25, -0.2) is 0 Å². The minimum absolute atomic E-state index is 0.309. The summed E-state index contributed by atoms with van der Waals surface area (Å²) in [6, 6.07) is 10.6. The van der Waals surface area contributed by atoms with Crippen LogP contribution < -0.4 is 5.32 Å². The lowest BCUT2D eigenvalue weighted by Crippen LogP contribution is -2.34. The molecule has 0 radical (unpaired) electrons. The average Bonchev–Trinajstić information content (AvgIpc) is 3.27. The van der Waals surface area contributed by atoms with Crippen LogP contribution in [-0.2, 0) is 6.42 Å². The number of aryl methyl sites for hydroxylation is 2. The standard InChI is InChI=1S/C18H25N7/c1-14-12-20-24(13-14)16(3)15(2)19-11-7-10-18-21-22-23-25(18)17-8-5-4-6-9-17/h4-6,8-9,12-13,15-16,19H,7,10-11H2,1-3H3/t15-,16-/m0/s1. The van der Waals surface area contributed by atoms with E-state index in [4.69, 9.17) is 0 Å². The van der Waals surface area contributed by atoms with Crippen LogP contribution in [0.4, 0.5) is 0 Å². The number of nitrogens with zero attached hydrogens (tertiary/aromatic N) is 6. The molecule has 0 saturated carbocycles. The number of hydrogen-bond acceptors (Lipinski definition) is 5. The van der Waals surface area contributed by atoms with E-state index in [0.29, 0.717) is 12.1 Å². The van der Waals surface area contributed by atoms with Crippen LogP contribution in [0.2, 0.25) is 0 Å². The Labute approximate surface area is 148 Å². The highest BCUT2D eigenvalue weighted by Crippen LogP contribution is 2.11. The first kappa shape index (κ1) is 17.3. The van der Waals surface area contributed by atoms with Crippen molar-refractivity contribution in [1.29, 1.82) is 0 Å². The average molecular weight is 339 g/mol. The van der Waals surface area contributed by atoms with Crippen molar-refractivity contribution in [3.05, 3.63) is 54.1 Å². The van der Waals surface area contributed by atoms with Gasteiger partial charge in [0.05, 0.1) is 17.9 Å². The van der Waals surface area contributed by atoms with Crippen LogP contribution >= 0.6 is 0 Å². The van der Waals surface area contributed by atoms with Crippen molar-refractivity contribution in [1.82, 2.24) is 35.3 Å². The summed E-state index contributed by atoms with van der Waals surface area (Å²) in [5.74, 6) is 0.886. The van der Waals surface area contributed by atoms with Crippen LogP contribution in [0, 0.1) is 6.92 Å². The third kappa shape index (κ3) is 4.30. The molecule has 1 N–H and O–H groups in total. The van der Waals surface area contributed by atoms with Crippen molar-refractivity contribution in [2.75, 3.05) is 6.54 Å².